The lowest BCUT2D eigenvalue weighted by Crippen LogP contribution is -2.09. The average Bonchev–Trinajstić information content (AvgIpc) is 2.45. The second-order valence-corrected chi connectivity index (χ2v) is 5.29. The van der Waals surface area contributed by atoms with Crippen LogP contribution in [0.3, 0.4) is 0 Å². The Hall–Kier alpha value is -0.680. The topological polar surface area (TPSA) is 43.4 Å². The molecule has 0 aliphatic heterocycles. The van der Waals surface area contributed by atoms with Crippen LogP contribution >= 0.6 is 27.3 Å². The largest absolute Gasteiger partial charge is 0.469 e. The van der Waals surface area contributed by atoms with Crippen molar-refractivity contribution < 1.29 is 14.3 Å². The summed E-state index contributed by atoms with van der Waals surface area (Å²) in [5, 5.41) is 0. The van der Waals surface area contributed by atoms with Crippen molar-refractivity contribution in [1.82, 2.24) is 0 Å². The number of hydrogen-bond acceptors (Lipinski definition) is 4. The molecular weight excluding hydrogens is 268 g/mol. The molecule has 0 fully saturated rings. The molecule has 3 nitrogen and oxygen atoms in total. The number of thiophene rings is 1. The molecule has 0 aliphatic rings. The highest BCUT2D eigenvalue weighted by molar-refractivity contribution is 9.11. The van der Waals surface area contributed by atoms with E-state index in [-0.39, 0.29) is 12.2 Å². The molecule has 14 heavy (non-hydrogen) atoms. The number of ether oxygens (including phenoxy) is 1. The van der Waals surface area contributed by atoms with Crippen LogP contribution in [-0.2, 0) is 9.53 Å². The molecule has 0 radical (unpaired) electrons. The molecular formula is C9H9BrO3S. The second-order valence-electron chi connectivity index (χ2n) is 2.72. The van der Waals surface area contributed by atoms with Gasteiger partial charge in [-0.3, -0.25) is 9.59 Å². The van der Waals surface area contributed by atoms with E-state index in [1.54, 1.807) is 6.07 Å². The summed E-state index contributed by atoms with van der Waals surface area (Å²) in [6, 6.07) is 1.76. The van der Waals surface area contributed by atoms with Crippen LogP contribution in [0, 0.1) is 6.92 Å². The zero-order valence-corrected chi connectivity index (χ0v) is 10.2. The van der Waals surface area contributed by atoms with Crippen molar-refractivity contribution in [1.29, 1.82) is 0 Å². The van der Waals surface area contributed by atoms with Crippen LogP contribution < -0.4 is 0 Å². The first-order valence-corrected chi connectivity index (χ1v) is 5.51. The molecule has 0 aliphatic carbocycles. The minimum atomic E-state index is -0.509. The van der Waals surface area contributed by atoms with Gasteiger partial charge >= 0.3 is 5.97 Å². The van der Waals surface area contributed by atoms with E-state index in [1.165, 1.54) is 18.4 Å². The monoisotopic (exact) mass is 276 g/mol. The van der Waals surface area contributed by atoms with Gasteiger partial charge in [-0.1, -0.05) is 0 Å². The SMILES string of the molecule is COC(=O)CC(=O)c1cc(C)sc1Br. The maximum atomic E-state index is 11.5. The first-order valence-electron chi connectivity index (χ1n) is 3.90. The number of carbonyl (C=O) groups excluding carboxylic acids is 2. The molecule has 0 saturated heterocycles. The van der Waals surface area contributed by atoms with Gasteiger partial charge in [0.15, 0.2) is 5.78 Å². The molecule has 0 bridgehead atoms. The van der Waals surface area contributed by atoms with Gasteiger partial charge in [0, 0.05) is 10.4 Å². The molecule has 0 N–H and O–H groups in total. The minimum absolute atomic E-state index is 0.203. The van der Waals surface area contributed by atoms with Crippen molar-refractivity contribution >= 4 is 39.0 Å². The average molecular weight is 277 g/mol. The zero-order chi connectivity index (χ0) is 10.7. The zero-order valence-electron chi connectivity index (χ0n) is 7.80. The predicted molar refractivity (Wildman–Crippen MR) is 57.7 cm³/mol. The second kappa shape index (κ2) is 4.70. The molecule has 0 atom stereocenters. The lowest BCUT2D eigenvalue weighted by Gasteiger charge is -1.97. The first-order chi connectivity index (χ1) is 6.54. The summed E-state index contributed by atoms with van der Waals surface area (Å²) in [6.07, 6.45) is -0.203. The third kappa shape index (κ3) is 2.65. The van der Waals surface area contributed by atoms with Crippen LogP contribution in [0.2, 0.25) is 0 Å². The van der Waals surface area contributed by atoms with E-state index in [0.717, 1.165) is 8.66 Å². The van der Waals surface area contributed by atoms with E-state index in [0.29, 0.717) is 5.56 Å². The number of ketones is 1. The molecule has 0 amide bonds. The van der Waals surface area contributed by atoms with Gasteiger partial charge in [-0.05, 0) is 28.9 Å². The van der Waals surface area contributed by atoms with Gasteiger partial charge < -0.3 is 4.74 Å². The smallest absolute Gasteiger partial charge is 0.313 e. The van der Waals surface area contributed by atoms with Crippen LogP contribution in [0.4, 0.5) is 0 Å². The van der Waals surface area contributed by atoms with Gasteiger partial charge in [0.2, 0.25) is 0 Å². The number of methoxy groups -OCH3 is 1. The fourth-order valence-electron chi connectivity index (χ4n) is 0.974. The fourth-order valence-corrected chi connectivity index (χ4v) is 2.82. The van der Waals surface area contributed by atoms with Crippen molar-refractivity contribution in [3.05, 3.63) is 20.3 Å². The molecule has 0 saturated carbocycles. The number of halogens is 1. The van der Waals surface area contributed by atoms with Crippen LogP contribution in [0.5, 0.6) is 0 Å². The molecule has 1 aromatic heterocycles. The van der Waals surface area contributed by atoms with E-state index in [4.69, 9.17) is 0 Å². The third-order valence-corrected chi connectivity index (χ3v) is 3.39. The van der Waals surface area contributed by atoms with Gasteiger partial charge in [0.1, 0.15) is 6.42 Å². The Morgan fingerprint density at radius 1 is 1.57 bits per heavy atom. The highest BCUT2D eigenvalue weighted by Crippen LogP contribution is 2.28. The maximum absolute atomic E-state index is 11.5. The van der Waals surface area contributed by atoms with Crippen LogP contribution in [0.25, 0.3) is 0 Å². The summed E-state index contributed by atoms with van der Waals surface area (Å²) in [5.41, 5.74) is 0.554. The van der Waals surface area contributed by atoms with Crippen molar-refractivity contribution in [3.8, 4) is 0 Å². The van der Waals surface area contributed by atoms with Gasteiger partial charge in [-0.2, -0.15) is 0 Å². The van der Waals surface area contributed by atoms with Crippen molar-refractivity contribution in [3.63, 3.8) is 0 Å². The summed E-state index contributed by atoms with van der Waals surface area (Å²) < 4.78 is 5.18. The standard InChI is InChI=1S/C9H9BrO3S/c1-5-3-6(9(10)14-5)7(11)4-8(12)13-2/h3H,4H2,1-2H3. The lowest BCUT2D eigenvalue weighted by atomic mass is 10.1. The minimum Gasteiger partial charge on any atom is -0.469 e. The van der Waals surface area contributed by atoms with Crippen molar-refractivity contribution in [2.24, 2.45) is 0 Å². The Bertz CT molecular complexity index is 370. The summed E-state index contributed by atoms with van der Waals surface area (Å²) in [6.45, 7) is 1.91. The molecule has 5 heteroatoms. The molecule has 0 spiro atoms. The summed E-state index contributed by atoms with van der Waals surface area (Å²) in [7, 11) is 1.27. The summed E-state index contributed by atoms with van der Waals surface area (Å²) >= 11 is 4.75. The number of hydrogen-bond donors (Lipinski definition) is 0. The van der Waals surface area contributed by atoms with E-state index in [2.05, 4.69) is 20.7 Å². The lowest BCUT2D eigenvalue weighted by molar-refractivity contribution is -0.139. The maximum Gasteiger partial charge on any atom is 0.313 e. The molecule has 1 heterocycles. The number of aryl methyl sites for hydroxylation is 1. The van der Waals surface area contributed by atoms with E-state index < -0.39 is 5.97 Å². The van der Waals surface area contributed by atoms with E-state index in [9.17, 15) is 9.59 Å². The quantitative estimate of drug-likeness (QED) is 0.484. The Morgan fingerprint density at radius 2 is 2.21 bits per heavy atom. The molecule has 0 unspecified atom stereocenters. The van der Waals surface area contributed by atoms with Crippen molar-refractivity contribution in [2.75, 3.05) is 7.11 Å². The van der Waals surface area contributed by atoms with Crippen LogP contribution in [-0.4, -0.2) is 18.9 Å². The highest BCUT2D eigenvalue weighted by atomic mass is 79.9. The molecule has 76 valence electrons. The van der Waals surface area contributed by atoms with Gasteiger partial charge in [-0.25, -0.2) is 0 Å². The van der Waals surface area contributed by atoms with Crippen LogP contribution in [0.1, 0.15) is 21.7 Å². The fraction of sp³-hybridized carbons (Fsp3) is 0.333. The number of esters is 1. The van der Waals surface area contributed by atoms with Gasteiger partial charge in [-0.15, -0.1) is 11.3 Å². The first kappa shape index (κ1) is 11.4. The van der Waals surface area contributed by atoms with E-state index >= 15 is 0 Å². The molecule has 1 rings (SSSR count). The summed E-state index contributed by atoms with van der Waals surface area (Å²) in [5.74, 6) is -0.723. The van der Waals surface area contributed by atoms with Gasteiger partial charge in [0.05, 0.1) is 10.9 Å². The van der Waals surface area contributed by atoms with Gasteiger partial charge in [0.25, 0.3) is 0 Å². The Kier molecular flexibility index (Phi) is 3.83. The highest BCUT2D eigenvalue weighted by Gasteiger charge is 2.16. The van der Waals surface area contributed by atoms with Crippen molar-refractivity contribution in [2.45, 2.75) is 13.3 Å². The normalized spacial score (nSPS) is 9.93. The summed E-state index contributed by atoms with van der Waals surface area (Å²) in [4.78, 5) is 23.4. The Morgan fingerprint density at radius 3 is 2.64 bits per heavy atom. The third-order valence-electron chi connectivity index (χ3n) is 1.64. The number of carbonyl (C=O) groups is 2. The van der Waals surface area contributed by atoms with E-state index in [1.807, 2.05) is 6.92 Å². The number of rotatable bonds is 3. The number of Topliss-reactive ketones (excluding diaryl/α,β-unsaturated/α-hetero) is 1. The van der Waals surface area contributed by atoms with Crippen LogP contribution in [0.15, 0.2) is 9.85 Å². The predicted octanol–water partition coefficient (Wildman–Crippen LogP) is 2.56. The molecule has 1 aromatic rings. The molecule has 0 aromatic carbocycles. The Balaban J connectivity index is 2.79. The Labute approximate surface area is 94.2 Å².